The van der Waals surface area contributed by atoms with E-state index in [1.807, 2.05) is 0 Å². The maximum absolute atomic E-state index is 13.6. The number of benzene rings is 1. The fourth-order valence-corrected chi connectivity index (χ4v) is 2.49. The van der Waals surface area contributed by atoms with E-state index in [4.69, 9.17) is 5.73 Å². The minimum atomic E-state index is -0.654. The van der Waals surface area contributed by atoms with E-state index in [2.05, 4.69) is 10.6 Å². The predicted octanol–water partition coefficient (Wildman–Crippen LogP) is 1.64. The molecule has 0 spiro atoms. The van der Waals surface area contributed by atoms with Gasteiger partial charge in [-0.25, -0.2) is 4.39 Å². The number of piperidine rings is 1. The highest BCUT2D eigenvalue weighted by atomic mass is 19.1. The van der Waals surface area contributed by atoms with E-state index in [1.54, 1.807) is 0 Å². The Hall–Kier alpha value is -1.95. The molecular formula is C15H20FN3O2. The number of hydrogen-bond donors (Lipinski definition) is 3. The molecule has 1 aromatic rings. The summed E-state index contributed by atoms with van der Waals surface area (Å²) >= 11 is 0. The maximum atomic E-state index is 13.6. The van der Waals surface area contributed by atoms with Crippen molar-refractivity contribution < 1.29 is 14.0 Å². The molecule has 1 unspecified atom stereocenters. The highest BCUT2D eigenvalue weighted by Gasteiger charge is 2.15. The topological polar surface area (TPSA) is 84.2 Å². The van der Waals surface area contributed by atoms with Gasteiger partial charge in [0, 0.05) is 12.0 Å². The molecule has 114 valence electrons. The molecule has 1 aliphatic rings. The number of anilines is 1. The average molecular weight is 293 g/mol. The first-order valence-electron chi connectivity index (χ1n) is 7.16. The smallest absolute Gasteiger partial charge is 0.248 e. The standard InChI is InChI=1S/C15H20FN3O2/c16-12-5-4-11(15(17)21)8-13(12)19-14(20)6-3-10-2-1-7-18-9-10/h4-5,8,10,18H,1-3,6-7,9H2,(H2,17,21)(H,19,20). The molecule has 0 aromatic heterocycles. The Morgan fingerprint density at radius 1 is 1.43 bits per heavy atom. The number of halogens is 1. The van der Waals surface area contributed by atoms with Crippen LogP contribution in [0.25, 0.3) is 0 Å². The van der Waals surface area contributed by atoms with E-state index in [0.29, 0.717) is 12.3 Å². The van der Waals surface area contributed by atoms with Crippen LogP contribution in [0, 0.1) is 11.7 Å². The minimum absolute atomic E-state index is 0.00179. The van der Waals surface area contributed by atoms with Gasteiger partial charge >= 0.3 is 0 Å². The van der Waals surface area contributed by atoms with Crippen molar-refractivity contribution in [1.82, 2.24) is 5.32 Å². The molecule has 4 N–H and O–H groups in total. The van der Waals surface area contributed by atoms with Crippen LogP contribution in [0.3, 0.4) is 0 Å². The molecule has 0 radical (unpaired) electrons. The number of amides is 2. The van der Waals surface area contributed by atoms with Gasteiger partial charge in [-0.1, -0.05) is 0 Å². The second kappa shape index (κ2) is 7.17. The molecule has 0 aliphatic carbocycles. The lowest BCUT2D eigenvalue weighted by atomic mass is 9.94. The van der Waals surface area contributed by atoms with Crippen LogP contribution >= 0.6 is 0 Å². The number of primary amides is 1. The normalized spacial score (nSPS) is 18.2. The second-order valence-electron chi connectivity index (χ2n) is 5.36. The molecule has 6 heteroatoms. The maximum Gasteiger partial charge on any atom is 0.248 e. The highest BCUT2D eigenvalue weighted by molar-refractivity contribution is 5.96. The summed E-state index contributed by atoms with van der Waals surface area (Å²) in [6.07, 6.45) is 3.36. The van der Waals surface area contributed by atoms with Crippen LogP contribution in [0.1, 0.15) is 36.0 Å². The number of carbonyl (C=O) groups excluding carboxylic acids is 2. The first kappa shape index (κ1) is 15.4. The zero-order valence-corrected chi connectivity index (χ0v) is 11.8. The van der Waals surface area contributed by atoms with Crippen LogP contribution in [0.2, 0.25) is 0 Å². The number of nitrogens with one attached hydrogen (secondary N) is 2. The molecule has 1 saturated heterocycles. The lowest BCUT2D eigenvalue weighted by Gasteiger charge is -2.22. The molecule has 0 bridgehead atoms. The average Bonchev–Trinajstić information content (AvgIpc) is 2.48. The molecule has 1 atom stereocenters. The molecule has 1 fully saturated rings. The first-order chi connectivity index (χ1) is 10.1. The van der Waals surface area contributed by atoms with E-state index in [0.717, 1.165) is 38.4 Å². The highest BCUT2D eigenvalue weighted by Crippen LogP contribution is 2.19. The van der Waals surface area contributed by atoms with Gasteiger partial charge < -0.3 is 16.4 Å². The summed E-state index contributed by atoms with van der Waals surface area (Å²) in [7, 11) is 0. The van der Waals surface area contributed by atoms with Gasteiger partial charge in [0.1, 0.15) is 5.82 Å². The van der Waals surface area contributed by atoms with Crippen molar-refractivity contribution in [3.05, 3.63) is 29.6 Å². The molecule has 5 nitrogen and oxygen atoms in total. The van der Waals surface area contributed by atoms with Crippen molar-refractivity contribution in [2.75, 3.05) is 18.4 Å². The zero-order valence-electron chi connectivity index (χ0n) is 11.8. The van der Waals surface area contributed by atoms with Gasteiger partial charge in [-0.15, -0.1) is 0 Å². The van der Waals surface area contributed by atoms with E-state index in [1.165, 1.54) is 12.1 Å². The predicted molar refractivity (Wildman–Crippen MR) is 78.4 cm³/mol. The SMILES string of the molecule is NC(=O)c1ccc(F)c(NC(=O)CCC2CCCNC2)c1. The van der Waals surface area contributed by atoms with Crippen LogP contribution in [0.5, 0.6) is 0 Å². The van der Waals surface area contributed by atoms with E-state index in [-0.39, 0.29) is 17.2 Å². The molecule has 1 aromatic carbocycles. The van der Waals surface area contributed by atoms with E-state index >= 15 is 0 Å². The van der Waals surface area contributed by atoms with Crippen LogP contribution in [-0.2, 0) is 4.79 Å². The van der Waals surface area contributed by atoms with Gasteiger partial charge in [-0.2, -0.15) is 0 Å². The first-order valence-corrected chi connectivity index (χ1v) is 7.16. The third-order valence-corrected chi connectivity index (χ3v) is 3.70. The third-order valence-electron chi connectivity index (χ3n) is 3.70. The van der Waals surface area contributed by atoms with Crippen LogP contribution in [0.15, 0.2) is 18.2 Å². The van der Waals surface area contributed by atoms with Crippen LogP contribution < -0.4 is 16.4 Å². The fourth-order valence-electron chi connectivity index (χ4n) is 2.49. The summed E-state index contributed by atoms with van der Waals surface area (Å²) < 4.78 is 13.6. The Morgan fingerprint density at radius 2 is 2.24 bits per heavy atom. The molecule has 1 heterocycles. The molecule has 2 amide bonds. The van der Waals surface area contributed by atoms with Crippen molar-refractivity contribution in [3.8, 4) is 0 Å². The lowest BCUT2D eigenvalue weighted by Crippen LogP contribution is -2.30. The fraction of sp³-hybridized carbons (Fsp3) is 0.467. The van der Waals surface area contributed by atoms with Gasteiger partial charge in [0.2, 0.25) is 11.8 Å². The van der Waals surface area contributed by atoms with Crippen molar-refractivity contribution in [3.63, 3.8) is 0 Å². The zero-order chi connectivity index (χ0) is 15.2. The van der Waals surface area contributed by atoms with Crippen LogP contribution in [-0.4, -0.2) is 24.9 Å². The van der Waals surface area contributed by atoms with E-state index < -0.39 is 11.7 Å². The number of hydrogen-bond acceptors (Lipinski definition) is 3. The van der Waals surface area contributed by atoms with E-state index in [9.17, 15) is 14.0 Å². The van der Waals surface area contributed by atoms with Gasteiger partial charge in [0.05, 0.1) is 5.69 Å². The summed E-state index contributed by atoms with van der Waals surface area (Å²) in [5.41, 5.74) is 5.31. The van der Waals surface area contributed by atoms with Crippen molar-refractivity contribution in [1.29, 1.82) is 0 Å². The quantitative estimate of drug-likeness (QED) is 0.771. The number of carbonyl (C=O) groups is 2. The second-order valence-corrected chi connectivity index (χ2v) is 5.36. The van der Waals surface area contributed by atoms with Gasteiger partial charge in [0.15, 0.2) is 0 Å². The Balaban J connectivity index is 1.89. The van der Waals surface area contributed by atoms with Crippen molar-refractivity contribution >= 4 is 17.5 Å². The van der Waals surface area contributed by atoms with Crippen molar-refractivity contribution in [2.45, 2.75) is 25.7 Å². The number of nitrogens with two attached hydrogens (primary N) is 1. The van der Waals surface area contributed by atoms with Crippen LogP contribution in [0.4, 0.5) is 10.1 Å². The molecule has 1 aliphatic heterocycles. The molecular weight excluding hydrogens is 273 g/mol. The summed E-state index contributed by atoms with van der Waals surface area (Å²) in [4.78, 5) is 22.9. The Morgan fingerprint density at radius 3 is 2.90 bits per heavy atom. The molecule has 0 saturated carbocycles. The Kier molecular flexibility index (Phi) is 5.27. The lowest BCUT2D eigenvalue weighted by molar-refractivity contribution is -0.116. The number of rotatable bonds is 5. The largest absolute Gasteiger partial charge is 0.366 e. The van der Waals surface area contributed by atoms with Gasteiger partial charge in [0.25, 0.3) is 0 Å². The molecule has 2 rings (SSSR count). The summed E-state index contributed by atoms with van der Waals surface area (Å²) in [6.45, 7) is 1.96. The minimum Gasteiger partial charge on any atom is -0.366 e. The third kappa shape index (κ3) is 4.53. The Bertz CT molecular complexity index is 528. The van der Waals surface area contributed by atoms with Gasteiger partial charge in [-0.3, -0.25) is 9.59 Å². The Labute approximate surface area is 123 Å². The molecule has 21 heavy (non-hydrogen) atoms. The van der Waals surface area contributed by atoms with Crippen molar-refractivity contribution in [2.24, 2.45) is 11.7 Å². The summed E-state index contributed by atoms with van der Waals surface area (Å²) in [5.74, 6) is -0.987. The summed E-state index contributed by atoms with van der Waals surface area (Å²) in [5, 5.41) is 5.80. The monoisotopic (exact) mass is 293 g/mol. The summed E-state index contributed by atoms with van der Waals surface area (Å²) in [6, 6.07) is 3.68. The van der Waals surface area contributed by atoms with Gasteiger partial charge in [-0.05, 0) is 56.5 Å².